The van der Waals surface area contributed by atoms with E-state index in [0.717, 1.165) is 5.56 Å². The van der Waals surface area contributed by atoms with Crippen LogP contribution in [0, 0.1) is 6.92 Å². The highest BCUT2D eigenvalue weighted by Crippen LogP contribution is 2.47. The number of carbonyl (C=O) groups is 1. The third-order valence-electron chi connectivity index (χ3n) is 5.61. The summed E-state index contributed by atoms with van der Waals surface area (Å²) in [5, 5.41) is 2.93. The minimum absolute atomic E-state index is 0.00938. The van der Waals surface area contributed by atoms with E-state index < -0.39 is 50.1 Å². The lowest BCUT2D eigenvalue weighted by Gasteiger charge is -2.24. The maximum atomic E-state index is 13.8. The Morgan fingerprint density at radius 1 is 1.23 bits per heavy atom. The van der Waals surface area contributed by atoms with Crippen LogP contribution in [-0.2, 0) is 34.7 Å². The number of nitrogens with zero attached hydrogens (tertiary/aromatic N) is 1. The largest absolute Gasteiger partial charge is 0.460 e. The molecule has 1 aliphatic rings. The highest BCUT2D eigenvalue weighted by Gasteiger charge is 2.36. The molecule has 2 N–H and O–H groups in total. The van der Waals surface area contributed by atoms with Gasteiger partial charge in [-0.3, -0.25) is 23.7 Å². The van der Waals surface area contributed by atoms with Gasteiger partial charge in [-0.25, -0.2) is 9.36 Å². The number of aromatic nitrogens is 2. The Labute approximate surface area is 238 Å². The minimum Gasteiger partial charge on any atom is -0.460 e. The van der Waals surface area contributed by atoms with Gasteiger partial charge in [0.25, 0.3) is 5.56 Å². The van der Waals surface area contributed by atoms with Crippen LogP contribution in [0.3, 0.4) is 0 Å². The zero-order valence-corrected chi connectivity index (χ0v) is 23.8. The fourth-order valence-electron chi connectivity index (χ4n) is 3.55. The molecule has 0 aliphatic carbocycles. The van der Waals surface area contributed by atoms with E-state index in [4.69, 9.17) is 46.5 Å². The first-order chi connectivity index (χ1) is 19.0. The monoisotopic (exact) mass is 613 g/mol. The highest BCUT2D eigenvalue weighted by atomic mass is 35.5. The minimum atomic E-state index is -4.31. The molecule has 3 aromatic rings. The molecule has 15 heteroatoms. The van der Waals surface area contributed by atoms with E-state index in [2.05, 4.69) is 10.1 Å². The molecular formula is C25H26Cl2N3O9P. The van der Waals surface area contributed by atoms with Crippen molar-refractivity contribution < 1.29 is 32.6 Å². The summed E-state index contributed by atoms with van der Waals surface area (Å²) in [5.41, 5.74) is -0.116. The SMILES string of the molecule is Cc1cn([C@H]2CO[C@@H](COP(=O)(NC(C)C(=O)OCc3ccccc3)Oc3ccc(Cl)cc3Cl)O2)c(=O)[nH]c1=O. The predicted molar refractivity (Wildman–Crippen MR) is 145 cm³/mol. The molecule has 1 aliphatic heterocycles. The van der Waals surface area contributed by atoms with Gasteiger partial charge in [-0.1, -0.05) is 53.5 Å². The summed E-state index contributed by atoms with van der Waals surface area (Å²) in [7, 11) is -4.31. The number of nitrogens with one attached hydrogen (secondary N) is 2. The molecule has 12 nitrogen and oxygen atoms in total. The zero-order valence-electron chi connectivity index (χ0n) is 21.4. The van der Waals surface area contributed by atoms with Crippen LogP contribution < -0.4 is 20.9 Å². The van der Waals surface area contributed by atoms with E-state index in [-0.39, 0.29) is 24.0 Å². The average molecular weight is 614 g/mol. The van der Waals surface area contributed by atoms with E-state index in [1.54, 1.807) is 19.1 Å². The number of esters is 1. The van der Waals surface area contributed by atoms with Gasteiger partial charge in [0, 0.05) is 16.8 Å². The van der Waals surface area contributed by atoms with Crippen LogP contribution in [0.5, 0.6) is 5.75 Å². The van der Waals surface area contributed by atoms with Crippen LogP contribution in [-0.4, -0.2) is 41.1 Å². The number of aromatic amines is 1. The van der Waals surface area contributed by atoms with Gasteiger partial charge in [-0.15, -0.1) is 0 Å². The maximum Gasteiger partial charge on any atom is 0.459 e. The molecule has 0 bridgehead atoms. The molecule has 0 radical (unpaired) electrons. The van der Waals surface area contributed by atoms with Crippen molar-refractivity contribution in [3.05, 3.63) is 96.7 Å². The van der Waals surface area contributed by atoms with Gasteiger partial charge in [0.1, 0.15) is 25.0 Å². The molecule has 4 rings (SSSR count). The summed E-state index contributed by atoms with van der Waals surface area (Å²) in [6.45, 7) is 2.51. The lowest BCUT2D eigenvalue weighted by Crippen LogP contribution is -2.36. The smallest absolute Gasteiger partial charge is 0.459 e. The summed E-state index contributed by atoms with van der Waals surface area (Å²) < 4.78 is 42.7. The van der Waals surface area contributed by atoms with Crippen LogP contribution in [0.2, 0.25) is 10.0 Å². The van der Waals surface area contributed by atoms with Crippen LogP contribution in [0.15, 0.2) is 64.3 Å². The Hall–Kier alpha value is -2.96. The summed E-state index contributed by atoms with van der Waals surface area (Å²) in [5.74, 6) is -0.729. The number of H-pyrrole nitrogens is 1. The first-order valence-corrected chi connectivity index (χ1v) is 14.3. The number of hydrogen-bond acceptors (Lipinski definition) is 9. The zero-order chi connectivity index (χ0) is 28.9. The molecule has 4 atom stereocenters. The number of carbonyl (C=O) groups excluding carboxylic acids is 1. The van der Waals surface area contributed by atoms with Crippen molar-refractivity contribution in [2.24, 2.45) is 0 Å². The van der Waals surface area contributed by atoms with E-state index in [1.165, 1.54) is 35.9 Å². The lowest BCUT2D eigenvalue weighted by molar-refractivity contribution is -0.146. The molecule has 2 heterocycles. The van der Waals surface area contributed by atoms with E-state index in [0.29, 0.717) is 10.6 Å². The predicted octanol–water partition coefficient (Wildman–Crippen LogP) is 3.95. The van der Waals surface area contributed by atoms with Crippen molar-refractivity contribution in [2.45, 2.75) is 39.0 Å². The van der Waals surface area contributed by atoms with E-state index in [9.17, 15) is 18.9 Å². The standard InChI is InChI=1S/C25H26Cl2N3O9P/c1-15-11-30(25(33)28-23(15)31)21-13-35-22(38-21)14-37-40(34,39-20-9-8-18(26)10-19(20)27)29-16(2)24(32)36-12-17-6-4-3-5-7-17/h3-11,16,21-22H,12-14H2,1-2H3,(H,29,34)(H,28,31,33)/t16?,21-,22-,40?/m1/s1. The first-order valence-electron chi connectivity index (χ1n) is 12.0. The molecule has 1 aromatic heterocycles. The second kappa shape index (κ2) is 13.1. The van der Waals surface area contributed by atoms with Crippen LogP contribution in [0.1, 0.15) is 24.3 Å². The van der Waals surface area contributed by atoms with Crippen molar-refractivity contribution >= 4 is 36.9 Å². The van der Waals surface area contributed by atoms with E-state index in [1.807, 2.05) is 18.2 Å². The van der Waals surface area contributed by atoms with Crippen LogP contribution in [0.4, 0.5) is 0 Å². The van der Waals surface area contributed by atoms with Crippen LogP contribution in [0.25, 0.3) is 0 Å². The Kier molecular flexibility index (Phi) is 9.85. The van der Waals surface area contributed by atoms with Gasteiger partial charge in [0.05, 0.1) is 11.6 Å². The third kappa shape index (κ3) is 7.82. The second-order valence-electron chi connectivity index (χ2n) is 8.74. The molecule has 1 fully saturated rings. The molecule has 2 aromatic carbocycles. The van der Waals surface area contributed by atoms with Crippen molar-refractivity contribution in [1.82, 2.24) is 14.6 Å². The fraction of sp³-hybridized carbons (Fsp3) is 0.320. The molecule has 1 saturated heterocycles. The molecule has 214 valence electrons. The molecule has 0 spiro atoms. The molecule has 40 heavy (non-hydrogen) atoms. The Balaban J connectivity index is 1.44. The number of halogens is 2. The normalized spacial score (nSPS) is 19.1. The van der Waals surface area contributed by atoms with Gasteiger partial charge in [-0.05, 0) is 37.6 Å². The molecule has 0 saturated carbocycles. The van der Waals surface area contributed by atoms with Gasteiger partial charge >= 0.3 is 19.4 Å². The average Bonchev–Trinajstić information content (AvgIpc) is 3.39. The Morgan fingerprint density at radius 3 is 2.70 bits per heavy atom. The number of benzene rings is 2. The number of hydrogen-bond donors (Lipinski definition) is 2. The number of aryl methyl sites for hydroxylation is 1. The summed E-state index contributed by atoms with van der Waals surface area (Å²) >= 11 is 12.1. The van der Waals surface area contributed by atoms with Gasteiger partial charge < -0.3 is 18.7 Å². The van der Waals surface area contributed by atoms with Crippen molar-refractivity contribution in [2.75, 3.05) is 13.2 Å². The highest BCUT2D eigenvalue weighted by molar-refractivity contribution is 7.52. The van der Waals surface area contributed by atoms with Crippen molar-refractivity contribution in [3.8, 4) is 5.75 Å². The molecule has 2 unspecified atom stereocenters. The first kappa shape index (κ1) is 30.0. The van der Waals surface area contributed by atoms with Crippen molar-refractivity contribution in [3.63, 3.8) is 0 Å². The van der Waals surface area contributed by atoms with Gasteiger partial charge in [0.15, 0.2) is 12.5 Å². The van der Waals surface area contributed by atoms with Gasteiger partial charge in [-0.2, -0.15) is 5.09 Å². The number of ether oxygens (including phenoxy) is 3. The maximum absolute atomic E-state index is 13.8. The van der Waals surface area contributed by atoms with Gasteiger partial charge in [0.2, 0.25) is 0 Å². The third-order valence-corrected chi connectivity index (χ3v) is 7.77. The second-order valence-corrected chi connectivity index (χ2v) is 11.3. The topological polar surface area (TPSA) is 147 Å². The molecule has 0 amide bonds. The molecular weight excluding hydrogens is 588 g/mol. The summed E-state index contributed by atoms with van der Waals surface area (Å²) in [4.78, 5) is 38.7. The van der Waals surface area contributed by atoms with Crippen LogP contribution >= 0.6 is 30.9 Å². The summed E-state index contributed by atoms with van der Waals surface area (Å²) in [6.07, 6.45) is -0.592. The summed E-state index contributed by atoms with van der Waals surface area (Å²) in [6, 6.07) is 12.2. The fourth-order valence-corrected chi connectivity index (χ4v) is 5.54. The van der Waals surface area contributed by atoms with Crippen molar-refractivity contribution in [1.29, 1.82) is 0 Å². The van der Waals surface area contributed by atoms with E-state index >= 15 is 0 Å². The Morgan fingerprint density at radius 2 is 1.98 bits per heavy atom. The Bertz CT molecular complexity index is 1520. The lowest BCUT2D eigenvalue weighted by atomic mass is 10.2. The quantitative estimate of drug-likeness (QED) is 0.240. The number of rotatable bonds is 11.